The number of ketones is 2. The number of fused-ring (bicyclic) bond motifs is 3. The van der Waals surface area contributed by atoms with Crippen molar-refractivity contribution in [2.45, 2.75) is 32.0 Å². The predicted octanol–water partition coefficient (Wildman–Crippen LogP) is 4.76. The number of rotatable bonds is 4. The molecule has 5 aliphatic rings. The van der Waals surface area contributed by atoms with Crippen LogP contribution in [0.15, 0.2) is 76.9 Å². The lowest BCUT2D eigenvalue weighted by molar-refractivity contribution is -0.274. The van der Waals surface area contributed by atoms with Crippen LogP contribution in [0.5, 0.6) is 11.5 Å². The van der Waals surface area contributed by atoms with E-state index >= 15 is 0 Å². The zero-order valence-electron chi connectivity index (χ0n) is 24.7. The van der Waals surface area contributed by atoms with Crippen molar-refractivity contribution in [2.24, 2.45) is 17.8 Å². The molecule has 0 saturated carbocycles. The van der Waals surface area contributed by atoms with Gasteiger partial charge in [0.1, 0.15) is 11.5 Å². The minimum absolute atomic E-state index is 0.00306. The molecule has 9 nitrogen and oxygen atoms in total. The molecule has 2 aromatic carbocycles. The van der Waals surface area contributed by atoms with E-state index in [1.54, 1.807) is 18.2 Å². The topological polar surface area (TPSA) is 113 Å². The molecule has 12 heteroatoms. The van der Waals surface area contributed by atoms with Crippen molar-refractivity contribution in [1.29, 1.82) is 0 Å². The molecule has 0 bridgehead atoms. The standard InChI is InChI=1S/C34H29F3N2O7/c1-17-14-27(41)30-25(31(17)42)16-23-21(28(30)24-15-20(6-9-26(24)40)46-34(35,36)37)7-8-22-29(23)33(44)39(32(22)43)19-4-2-18(3-5-19)38-10-12-45-13-11-38/h2-7,9,14-15,22-23,28-29,40H,8,10-13,16H2,1H3. The number of amides is 2. The number of allylic oxidation sites excluding steroid dienone is 6. The number of imide groups is 1. The zero-order chi connectivity index (χ0) is 32.5. The van der Waals surface area contributed by atoms with E-state index in [2.05, 4.69) is 9.64 Å². The summed E-state index contributed by atoms with van der Waals surface area (Å²) in [7, 11) is 0. The van der Waals surface area contributed by atoms with Crippen LogP contribution in [0.3, 0.4) is 0 Å². The number of Topliss-reactive ketones (excluding diaryl/α,β-unsaturated/α-hetero) is 1. The molecule has 0 aromatic heterocycles. The number of benzene rings is 2. The van der Waals surface area contributed by atoms with Crippen LogP contribution in [-0.4, -0.2) is 61.2 Å². The molecular formula is C34H29F3N2O7. The largest absolute Gasteiger partial charge is 0.573 e. The zero-order valence-corrected chi connectivity index (χ0v) is 24.7. The Labute approximate surface area is 261 Å². The van der Waals surface area contributed by atoms with Crippen molar-refractivity contribution >= 4 is 34.8 Å². The third-order valence-electron chi connectivity index (χ3n) is 9.59. The maximum absolute atomic E-state index is 14.2. The number of alkyl halides is 3. The summed E-state index contributed by atoms with van der Waals surface area (Å²) in [6.45, 7) is 4.14. The Morgan fingerprint density at radius 3 is 2.33 bits per heavy atom. The summed E-state index contributed by atoms with van der Waals surface area (Å²) in [4.78, 5) is 58.2. The molecule has 2 aliphatic heterocycles. The first kappa shape index (κ1) is 30.0. The monoisotopic (exact) mass is 634 g/mol. The predicted molar refractivity (Wildman–Crippen MR) is 158 cm³/mol. The molecule has 2 amide bonds. The van der Waals surface area contributed by atoms with E-state index in [1.807, 2.05) is 12.1 Å². The number of hydrogen-bond acceptors (Lipinski definition) is 8. The van der Waals surface area contributed by atoms with Crippen molar-refractivity contribution in [3.8, 4) is 11.5 Å². The van der Waals surface area contributed by atoms with E-state index in [4.69, 9.17) is 4.74 Å². The third-order valence-corrected chi connectivity index (χ3v) is 9.59. The second-order valence-electron chi connectivity index (χ2n) is 12.1. The summed E-state index contributed by atoms with van der Waals surface area (Å²) >= 11 is 0. The van der Waals surface area contributed by atoms with Gasteiger partial charge in [-0.2, -0.15) is 0 Å². The minimum Gasteiger partial charge on any atom is -0.508 e. The molecule has 7 rings (SSSR count). The lowest BCUT2D eigenvalue weighted by Crippen LogP contribution is -2.39. The summed E-state index contributed by atoms with van der Waals surface area (Å²) in [5.74, 6) is -6.24. The number of carbonyl (C=O) groups is 4. The van der Waals surface area contributed by atoms with Crippen molar-refractivity contribution in [3.05, 3.63) is 82.5 Å². The van der Waals surface area contributed by atoms with Crippen LogP contribution in [-0.2, 0) is 23.9 Å². The molecule has 2 heterocycles. The number of anilines is 2. The number of phenols is 1. The van der Waals surface area contributed by atoms with Gasteiger partial charge in [-0.05, 0) is 74.2 Å². The molecule has 2 saturated heterocycles. The van der Waals surface area contributed by atoms with Gasteiger partial charge in [0.2, 0.25) is 11.8 Å². The van der Waals surface area contributed by atoms with Crippen LogP contribution in [0.1, 0.15) is 31.2 Å². The Hall–Kier alpha value is -4.71. The smallest absolute Gasteiger partial charge is 0.508 e. The number of halogens is 3. The molecule has 46 heavy (non-hydrogen) atoms. The quantitative estimate of drug-likeness (QED) is 0.291. The molecule has 4 atom stereocenters. The molecule has 2 aromatic rings. The lowest BCUT2D eigenvalue weighted by Gasteiger charge is -2.42. The molecule has 4 unspecified atom stereocenters. The SMILES string of the molecule is CC1=CC(=O)C2=C(CC3C(=CCC4C(=O)N(c5ccc(N6CCOCC6)cc5)C(=O)C43)C2c2cc(OC(F)(F)F)ccc2O)C1=O. The van der Waals surface area contributed by atoms with E-state index < -0.39 is 59.0 Å². The Morgan fingerprint density at radius 2 is 1.63 bits per heavy atom. The van der Waals surface area contributed by atoms with Crippen molar-refractivity contribution in [2.75, 3.05) is 36.1 Å². The molecule has 1 N–H and O–H groups in total. The lowest BCUT2D eigenvalue weighted by atomic mass is 9.59. The van der Waals surface area contributed by atoms with Crippen molar-refractivity contribution < 1.29 is 46.9 Å². The van der Waals surface area contributed by atoms with Gasteiger partial charge in [-0.3, -0.25) is 24.1 Å². The summed E-state index contributed by atoms with van der Waals surface area (Å²) < 4.78 is 48.9. The Morgan fingerprint density at radius 1 is 0.935 bits per heavy atom. The fraction of sp³-hybridized carbons (Fsp3) is 0.353. The van der Waals surface area contributed by atoms with Gasteiger partial charge in [-0.25, -0.2) is 0 Å². The number of morpholine rings is 1. The van der Waals surface area contributed by atoms with Crippen LogP contribution >= 0.6 is 0 Å². The average Bonchev–Trinajstić information content (AvgIpc) is 3.29. The first-order valence-electron chi connectivity index (χ1n) is 15.0. The van der Waals surface area contributed by atoms with Crippen molar-refractivity contribution in [3.63, 3.8) is 0 Å². The van der Waals surface area contributed by atoms with Gasteiger partial charge in [0.05, 0.1) is 30.7 Å². The maximum atomic E-state index is 14.2. The molecule has 0 radical (unpaired) electrons. The molecular weight excluding hydrogens is 605 g/mol. The number of ether oxygens (including phenoxy) is 2. The fourth-order valence-electron chi connectivity index (χ4n) is 7.59. The second kappa shape index (κ2) is 11.0. The molecule has 0 spiro atoms. The number of carbonyl (C=O) groups excluding carboxylic acids is 4. The molecule has 238 valence electrons. The number of hydrogen-bond donors (Lipinski definition) is 1. The Balaban J connectivity index is 1.28. The summed E-state index contributed by atoms with van der Waals surface area (Å²) in [5.41, 5.74) is 2.15. The summed E-state index contributed by atoms with van der Waals surface area (Å²) in [6, 6.07) is 10.1. The average molecular weight is 635 g/mol. The first-order chi connectivity index (χ1) is 21.9. The molecule has 3 aliphatic carbocycles. The van der Waals surface area contributed by atoms with Crippen LogP contribution in [0.4, 0.5) is 24.5 Å². The molecule has 2 fully saturated rings. The van der Waals surface area contributed by atoms with Crippen LogP contribution in [0.2, 0.25) is 0 Å². The van der Waals surface area contributed by atoms with Gasteiger partial charge in [0.15, 0.2) is 11.6 Å². The highest BCUT2D eigenvalue weighted by Gasteiger charge is 2.57. The Bertz CT molecular complexity index is 1770. The third kappa shape index (κ3) is 4.91. The minimum atomic E-state index is -5.01. The second-order valence-corrected chi connectivity index (χ2v) is 12.1. The number of phenolic OH excluding ortho intramolecular Hbond substituents is 1. The van der Waals surface area contributed by atoms with Gasteiger partial charge in [-0.15, -0.1) is 13.2 Å². The maximum Gasteiger partial charge on any atom is 0.573 e. The van der Waals surface area contributed by atoms with Gasteiger partial charge in [-0.1, -0.05) is 11.6 Å². The highest BCUT2D eigenvalue weighted by atomic mass is 19.4. The fourth-order valence-corrected chi connectivity index (χ4v) is 7.59. The normalized spacial score (nSPS) is 26.4. The van der Waals surface area contributed by atoms with Crippen molar-refractivity contribution in [1.82, 2.24) is 0 Å². The first-order valence-corrected chi connectivity index (χ1v) is 15.0. The van der Waals surface area contributed by atoms with Crippen LogP contribution in [0.25, 0.3) is 0 Å². The van der Waals surface area contributed by atoms with E-state index in [9.17, 15) is 37.5 Å². The number of nitrogens with zero attached hydrogens (tertiary/aromatic N) is 2. The van der Waals surface area contributed by atoms with Gasteiger partial charge in [0.25, 0.3) is 0 Å². The van der Waals surface area contributed by atoms with E-state index in [0.717, 1.165) is 37.0 Å². The van der Waals surface area contributed by atoms with Gasteiger partial charge < -0.3 is 19.5 Å². The summed E-state index contributed by atoms with van der Waals surface area (Å²) in [5, 5.41) is 10.9. The van der Waals surface area contributed by atoms with Crippen LogP contribution in [0, 0.1) is 17.8 Å². The van der Waals surface area contributed by atoms with E-state index in [0.29, 0.717) is 24.5 Å². The van der Waals surface area contributed by atoms with Gasteiger partial charge in [0, 0.05) is 47.0 Å². The highest BCUT2D eigenvalue weighted by molar-refractivity contribution is 6.25. The van der Waals surface area contributed by atoms with Gasteiger partial charge >= 0.3 is 6.36 Å². The number of aromatic hydroxyl groups is 1. The van der Waals surface area contributed by atoms with E-state index in [-0.39, 0.29) is 41.0 Å². The highest BCUT2D eigenvalue weighted by Crippen LogP contribution is 2.56. The van der Waals surface area contributed by atoms with Crippen LogP contribution < -0.4 is 14.5 Å². The Kier molecular flexibility index (Phi) is 7.15. The van der Waals surface area contributed by atoms with E-state index in [1.165, 1.54) is 17.9 Å². The summed E-state index contributed by atoms with van der Waals surface area (Å²) in [6.07, 6.45) is -1.96.